The lowest BCUT2D eigenvalue weighted by Gasteiger charge is -2.12. The summed E-state index contributed by atoms with van der Waals surface area (Å²) in [7, 11) is 0. The fourth-order valence-corrected chi connectivity index (χ4v) is 15.2. The second-order valence-corrected chi connectivity index (χ2v) is 23.2. The zero-order valence-electron chi connectivity index (χ0n) is 44.1. The largest absolute Gasteiger partial charge is 0.454 e. The molecule has 0 N–H and O–H groups in total. The molecule has 0 fully saturated rings. The van der Waals surface area contributed by atoms with E-state index in [1.54, 1.807) is 0 Å². The van der Waals surface area contributed by atoms with E-state index in [9.17, 15) is 0 Å². The molecule has 6 heteroatoms. The first-order chi connectivity index (χ1) is 40.7. The van der Waals surface area contributed by atoms with E-state index >= 15 is 0 Å². The molecular weight excluding hydrogens is 1040 g/mol. The number of aromatic nitrogens is 2. The first-order valence-corrected chi connectivity index (χ1v) is 29.4. The van der Waals surface area contributed by atoms with Gasteiger partial charge in [-0.25, -0.2) is 0 Å². The molecule has 0 atom stereocenters. The van der Waals surface area contributed by atoms with Crippen molar-refractivity contribution in [3.63, 3.8) is 0 Å². The number of thiophene rings is 2. The number of benzene rings is 12. The fraction of sp³-hybridized carbons (Fsp3) is 0. The molecule has 12 aromatic carbocycles. The van der Waals surface area contributed by atoms with Crippen LogP contribution in [0, 0.1) is 0 Å². The van der Waals surface area contributed by atoms with Gasteiger partial charge in [-0.05, 0) is 130 Å². The molecule has 384 valence electrons. The average molecular weight is 1080 g/mol. The maximum absolute atomic E-state index is 6.55. The van der Waals surface area contributed by atoms with Gasteiger partial charge in [0.05, 0.1) is 11.0 Å². The van der Waals surface area contributed by atoms with Gasteiger partial charge in [0.1, 0.15) is 22.2 Å². The summed E-state index contributed by atoms with van der Waals surface area (Å²) in [6, 6.07) is 99.9. The molecule has 18 rings (SSSR count). The predicted octanol–water partition coefficient (Wildman–Crippen LogP) is 22.5. The Morgan fingerprint density at radius 3 is 1.23 bits per heavy atom. The lowest BCUT2D eigenvalue weighted by Crippen LogP contribution is -1.93. The Bertz CT molecular complexity index is 5540. The molecule has 18 aromatic rings. The minimum atomic E-state index is 0.901. The number of furan rings is 2. The van der Waals surface area contributed by atoms with Gasteiger partial charge in [-0.1, -0.05) is 188 Å². The van der Waals surface area contributed by atoms with Gasteiger partial charge in [0, 0.05) is 78.8 Å². The number of hydrogen-bond donors (Lipinski definition) is 0. The minimum Gasteiger partial charge on any atom is -0.454 e. The summed E-state index contributed by atoms with van der Waals surface area (Å²) in [5, 5.41) is 9.78. The van der Waals surface area contributed by atoms with Gasteiger partial charge in [-0.2, -0.15) is 0 Å². The van der Waals surface area contributed by atoms with Crippen LogP contribution in [-0.2, 0) is 0 Å². The summed E-state index contributed by atoms with van der Waals surface area (Å²) in [5.74, 6) is 0. The van der Waals surface area contributed by atoms with Crippen molar-refractivity contribution in [2.45, 2.75) is 0 Å². The van der Waals surface area contributed by atoms with Crippen LogP contribution in [0.4, 0.5) is 0 Å². The molecule has 82 heavy (non-hydrogen) atoms. The standard InChI is InChI=1S/2C38H23NOS/c1-2-11-25(12-3-1)39-33-19-8-6-16-31(33)37-36(39)32-23-24(21-22-34(32)40-37)26-13-4-5-14-27(26)29-17-10-18-30-28-15-7-9-20-35(28)41-38(29)30;1-2-10-26(11-3-1)39-33-16-8-6-15-31(33)38-37(39)32-22-24(19-21-34(32)40-38)27-12-4-5-13-28(27)25-18-20-30-29-14-7-9-17-35(29)41-36(30)23-25/h2*1-23H. The summed E-state index contributed by atoms with van der Waals surface area (Å²) in [5.41, 5.74) is 20.2. The van der Waals surface area contributed by atoms with Crippen molar-refractivity contribution in [3.8, 4) is 55.9 Å². The molecular formula is C76H46N2O2S2. The van der Waals surface area contributed by atoms with Crippen molar-refractivity contribution < 1.29 is 8.83 Å². The van der Waals surface area contributed by atoms with Crippen molar-refractivity contribution in [1.29, 1.82) is 0 Å². The highest BCUT2D eigenvalue weighted by Gasteiger charge is 2.23. The SMILES string of the molecule is c1ccc(-n2c3ccccc3c3oc4ccc(-c5ccccc5-c5ccc6c(c5)sc5ccccc56)cc4c32)cc1.c1ccc(-n2c3ccccc3c3oc4ccc(-c5ccccc5-c5cccc6c5sc5ccccc56)cc4c32)cc1. The van der Waals surface area contributed by atoms with Crippen LogP contribution in [0.2, 0.25) is 0 Å². The van der Waals surface area contributed by atoms with Crippen molar-refractivity contribution in [1.82, 2.24) is 9.13 Å². The second-order valence-electron chi connectivity index (χ2n) is 21.0. The number of fused-ring (bicyclic) bond motifs is 16. The van der Waals surface area contributed by atoms with Crippen molar-refractivity contribution >= 4 is 129 Å². The number of para-hydroxylation sites is 4. The Hall–Kier alpha value is -10.2. The summed E-state index contributed by atoms with van der Waals surface area (Å²) in [6.07, 6.45) is 0. The van der Waals surface area contributed by atoms with Gasteiger partial charge in [-0.3, -0.25) is 0 Å². The number of hydrogen-bond acceptors (Lipinski definition) is 4. The maximum Gasteiger partial charge on any atom is 0.161 e. The Morgan fingerprint density at radius 1 is 0.256 bits per heavy atom. The third kappa shape index (κ3) is 7.29. The van der Waals surface area contributed by atoms with Crippen LogP contribution in [0.1, 0.15) is 0 Å². The van der Waals surface area contributed by atoms with Gasteiger partial charge in [0.2, 0.25) is 0 Å². The molecule has 0 saturated carbocycles. The Kier molecular flexibility index (Phi) is 10.6. The second kappa shape index (κ2) is 18.7. The highest BCUT2D eigenvalue weighted by Crippen LogP contribution is 2.47. The highest BCUT2D eigenvalue weighted by molar-refractivity contribution is 7.26. The van der Waals surface area contributed by atoms with E-state index in [-0.39, 0.29) is 0 Å². The van der Waals surface area contributed by atoms with E-state index in [4.69, 9.17) is 8.83 Å². The zero-order valence-corrected chi connectivity index (χ0v) is 45.7. The molecule has 0 amide bonds. The van der Waals surface area contributed by atoms with Crippen LogP contribution in [-0.4, -0.2) is 9.13 Å². The quantitative estimate of drug-likeness (QED) is 0.166. The van der Waals surface area contributed by atoms with Crippen LogP contribution >= 0.6 is 22.7 Å². The van der Waals surface area contributed by atoms with Gasteiger partial charge in [-0.15, -0.1) is 22.7 Å². The van der Waals surface area contributed by atoms with E-state index in [0.29, 0.717) is 0 Å². The minimum absolute atomic E-state index is 0.901. The number of nitrogens with zero attached hydrogens (tertiary/aromatic N) is 2. The third-order valence-electron chi connectivity index (χ3n) is 16.4. The first-order valence-electron chi connectivity index (χ1n) is 27.7. The third-order valence-corrected chi connectivity index (χ3v) is 18.8. The van der Waals surface area contributed by atoms with E-state index < -0.39 is 0 Å². The highest BCUT2D eigenvalue weighted by atomic mass is 32.1. The lowest BCUT2D eigenvalue weighted by molar-refractivity contribution is 0.672. The Morgan fingerprint density at radius 2 is 0.659 bits per heavy atom. The van der Waals surface area contributed by atoms with Crippen molar-refractivity contribution in [2.75, 3.05) is 0 Å². The summed E-state index contributed by atoms with van der Waals surface area (Å²) in [4.78, 5) is 0. The van der Waals surface area contributed by atoms with Crippen molar-refractivity contribution in [2.24, 2.45) is 0 Å². The molecule has 6 heterocycles. The molecule has 0 aliphatic carbocycles. The molecule has 6 aromatic heterocycles. The Balaban J connectivity index is 0.000000130. The molecule has 0 spiro atoms. The fourth-order valence-electron chi connectivity index (χ4n) is 12.8. The molecule has 0 aliphatic rings. The van der Waals surface area contributed by atoms with Gasteiger partial charge in [0.25, 0.3) is 0 Å². The van der Waals surface area contributed by atoms with E-state index in [1.165, 1.54) is 84.9 Å². The average Bonchev–Trinajstić information content (AvgIpc) is 2.65. The van der Waals surface area contributed by atoms with E-state index in [0.717, 1.165) is 77.3 Å². The number of rotatable bonds is 6. The first kappa shape index (κ1) is 46.7. The van der Waals surface area contributed by atoms with Crippen LogP contribution in [0.3, 0.4) is 0 Å². The molecule has 0 bridgehead atoms. The van der Waals surface area contributed by atoms with Gasteiger partial charge in [0.15, 0.2) is 11.2 Å². The maximum atomic E-state index is 6.55. The predicted molar refractivity (Wildman–Crippen MR) is 349 cm³/mol. The topological polar surface area (TPSA) is 36.1 Å². The van der Waals surface area contributed by atoms with E-state index in [1.807, 2.05) is 22.7 Å². The molecule has 4 nitrogen and oxygen atoms in total. The molecule has 0 radical (unpaired) electrons. The van der Waals surface area contributed by atoms with Gasteiger partial charge >= 0.3 is 0 Å². The molecule has 0 unspecified atom stereocenters. The van der Waals surface area contributed by atoms with Crippen LogP contribution < -0.4 is 0 Å². The Labute approximate surface area is 478 Å². The monoisotopic (exact) mass is 1080 g/mol. The van der Waals surface area contributed by atoms with Crippen LogP contribution in [0.25, 0.3) is 162 Å². The lowest BCUT2D eigenvalue weighted by atomic mass is 9.93. The molecule has 0 aliphatic heterocycles. The smallest absolute Gasteiger partial charge is 0.161 e. The van der Waals surface area contributed by atoms with Gasteiger partial charge < -0.3 is 18.0 Å². The summed E-state index contributed by atoms with van der Waals surface area (Å²) < 4.78 is 23.0. The molecule has 0 saturated heterocycles. The zero-order chi connectivity index (χ0) is 53.8. The van der Waals surface area contributed by atoms with Crippen LogP contribution in [0.15, 0.2) is 288 Å². The van der Waals surface area contributed by atoms with Crippen molar-refractivity contribution in [3.05, 3.63) is 279 Å². The summed E-state index contributed by atoms with van der Waals surface area (Å²) in [6.45, 7) is 0. The normalized spacial score (nSPS) is 11.9. The van der Waals surface area contributed by atoms with Crippen LogP contribution in [0.5, 0.6) is 0 Å². The summed E-state index contributed by atoms with van der Waals surface area (Å²) >= 11 is 3.74. The van der Waals surface area contributed by atoms with E-state index in [2.05, 4.69) is 288 Å².